The predicted octanol–water partition coefficient (Wildman–Crippen LogP) is 1.47. The average molecular weight is 408 g/mol. The fourth-order valence-electron chi connectivity index (χ4n) is 4.84. The van der Waals surface area contributed by atoms with Gasteiger partial charge < -0.3 is 20.6 Å². The number of carbonyl (C=O) groups excluding carboxylic acids is 3. The van der Waals surface area contributed by atoms with E-state index in [2.05, 4.69) is 24.5 Å². The summed E-state index contributed by atoms with van der Waals surface area (Å²) in [7, 11) is 1.59. The van der Waals surface area contributed by atoms with Gasteiger partial charge in [0.05, 0.1) is 24.5 Å². The molecule has 0 bridgehead atoms. The Morgan fingerprint density at radius 3 is 2.48 bits per heavy atom. The molecule has 0 spiro atoms. The number of hydrogen-bond acceptors (Lipinski definition) is 4. The standard InChI is InChI=1S/C22H37N3O4/c1-5-7-8-12-24-21(28)19-16-11-10-15(9-6-2)17(20(27)23-4)18(16)22(29)25(19)14(3)13-26/h10-11,14-19,26H,5-9,12-13H2,1-4H3,(H,23,27)(H,24,28)/t14-,15-,16+,17-,18+,19+/m1/s1. The largest absolute Gasteiger partial charge is 0.394 e. The monoisotopic (exact) mass is 407 g/mol. The molecule has 7 heteroatoms. The highest BCUT2D eigenvalue weighted by molar-refractivity contribution is 5.97. The number of hydrogen-bond donors (Lipinski definition) is 3. The Balaban J connectivity index is 2.36. The number of allylic oxidation sites excluding steroid dienone is 1. The average Bonchev–Trinajstić information content (AvgIpc) is 3.02. The van der Waals surface area contributed by atoms with Gasteiger partial charge in [-0.2, -0.15) is 0 Å². The lowest BCUT2D eigenvalue weighted by Crippen LogP contribution is -2.51. The minimum absolute atomic E-state index is 0.0252. The SMILES string of the molecule is CCCCCNC(=O)[C@@H]1[C@H]2C=C[C@@H](CCC)[C@@H](C(=O)NC)[C@H]2C(=O)N1[C@H](C)CO. The summed E-state index contributed by atoms with van der Waals surface area (Å²) in [6, 6.07) is -1.18. The number of aliphatic hydroxyl groups excluding tert-OH is 1. The smallest absolute Gasteiger partial charge is 0.243 e. The van der Waals surface area contributed by atoms with Crippen molar-refractivity contribution in [3.8, 4) is 0 Å². The van der Waals surface area contributed by atoms with Gasteiger partial charge >= 0.3 is 0 Å². The topological polar surface area (TPSA) is 98.7 Å². The van der Waals surface area contributed by atoms with Gasteiger partial charge in [-0.05, 0) is 25.7 Å². The Morgan fingerprint density at radius 1 is 1.17 bits per heavy atom. The molecule has 29 heavy (non-hydrogen) atoms. The molecule has 1 aliphatic heterocycles. The number of carbonyl (C=O) groups is 3. The Hall–Kier alpha value is -1.89. The molecule has 6 atom stereocenters. The van der Waals surface area contributed by atoms with Crippen molar-refractivity contribution in [1.82, 2.24) is 15.5 Å². The summed E-state index contributed by atoms with van der Waals surface area (Å²) in [4.78, 5) is 40.8. The van der Waals surface area contributed by atoms with Crippen molar-refractivity contribution in [2.75, 3.05) is 20.2 Å². The van der Waals surface area contributed by atoms with E-state index < -0.39 is 23.9 Å². The normalized spacial score (nSPS) is 29.5. The molecule has 1 fully saturated rings. The summed E-state index contributed by atoms with van der Waals surface area (Å²) in [6.07, 6.45) is 8.68. The second kappa shape index (κ2) is 10.8. The van der Waals surface area contributed by atoms with E-state index in [1.807, 2.05) is 12.2 Å². The summed E-state index contributed by atoms with van der Waals surface area (Å²) in [6.45, 7) is 6.25. The van der Waals surface area contributed by atoms with E-state index in [1.165, 1.54) is 4.90 Å². The molecule has 0 radical (unpaired) electrons. The van der Waals surface area contributed by atoms with Crippen molar-refractivity contribution < 1.29 is 19.5 Å². The number of likely N-dealkylation sites (tertiary alicyclic amines) is 1. The lowest BCUT2D eigenvalue weighted by atomic mass is 9.68. The summed E-state index contributed by atoms with van der Waals surface area (Å²) in [5.74, 6) is -2.01. The summed E-state index contributed by atoms with van der Waals surface area (Å²) >= 11 is 0. The van der Waals surface area contributed by atoms with Crippen LogP contribution in [0.2, 0.25) is 0 Å². The Bertz CT molecular complexity index is 621. The second-order valence-corrected chi connectivity index (χ2v) is 8.30. The van der Waals surface area contributed by atoms with E-state index in [1.54, 1.807) is 14.0 Å². The van der Waals surface area contributed by atoms with Crippen LogP contribution in [0, 0.1) is 23.7 Å². The third-order valence-corrected chi connectivity index (χ3v) is 6.31. The zero-order valence-corrected chi connectivity index (χ0v) is 18.2. The van der Waals surface area contributed by atoms with Crippen LogP contribution in [0.1, 0.15) is 52.9 Å². The van der Waals surface area contributed by atoms with Crippen LogP contribution >= 0.6 is 0 Å². The molecular formula is C22H37N3O4. The molecule has 1 saturated heterocycles. The van der Waals surface area contributed by atoms with Gasteiger partial charge in [0, 0.05) is 19.5 Å². The van der Waals surface area contributed by atoms with Crippen molar-refractivity contribution in [2.45, 2.75) is 65.0 Å². The van der Waals surface area contributed by atoms with Crippen molar-refractivity contribution >= 4 is 17.7 Å². The van der Waals surface area contributed by atoms with Crippen LogP contribution in [0.4, 0.5) is 0 Å². The number of unbranched alkanes of at least 4 members (excludes halogenated alkanes) is 2. The van der Waals surface area contributed by atoms with Gasteiger partial charge in [0.25, 0.3) is 0 Å². The van der Waals surface area contributed by atoms with E-state index in [9.17, 15) is 19.5 Å². The first-order valence-electron chi connectivity index (χ1n) is 11.0. The molecule has 1 aliphatic carbocycles. The third-order valence-electron chi connectivity index (χ3n) is 6.31. The molecule has 0 aromatic heterocycles. The zero-order valence-electron chi connectivity index (χ0n) is 18.2. The minimum atomic E-state index is -0.692. The summed E-state index contributed by atoms with van der Waals surface area (Å²) in [5, 5.41) is 15.4. The van der Waals surface area contributed by atoms with Gasteiger partial charge in [-0.3, -0.25) is 14.4 Å². The highest BCUT2D eigenvalue weighted by atomic mass is 16.3. The van der Waals surface area contributed by atoms with Crippen LogP contribution in [0.25, 0.3) is 0 Å². The number of nitrogens with zero attached hydrogens (tertiary/aromatic N) is 1. The van der Waals surface area contributed by atoms with Gasteiger partial charge in [0.2, 0.25) is 17.7 Å². The molecule has 2 aliphatic rings. The fraction of sp³-hybridized carbons (Fsp3) is 0.773. The van der Waals surface area contributed by atoms with E-state index in [0.717, 1.165) is 32.1 Å². The van der Waals surface area contributed by atoms with Crippen LogP contribution in [0.15, 0.2) is 12.2 Å². The van der Waals surface area contributed by atoms with E-state index >= 15 is 0 Å². The minimum Gasteiger partial charge on any atom is -0.394 e. The van der Waals surface area contributed by atoms with Gasteiger partial charge in [0.1, 0.15) is 6.04 Å². The van der Waals surface area contributed by atoms with Crippen molar-refractivity contribution in [3.63, 3.8) is 0 Å². The molecule has 3 amide bonds. The fourth-order valence-corrected chi connectivity index (χ4v) is 4.84. The van der Waals surface area contributed by atoms with Crippen LogP contribution in [0.5, 0.6) is 0 Å². The van der Waals surface area contributed by atoms with Crippen molar-refractivity contribution in [1.29, 1.82) is 0 Å². The van der Waals surface area contributed by atoms with Crippen LogP contribution in [-0.4, -0.2) is 60.0 Å². The number of fused-ring (bicyclic) bond motifs is 1. The van der Waals surface area contributed by atoms with Crippen LogP contribution in [-0.2, 0) is 14.4 Å². The summed E-state index contributed by atoms with van der Waals surface area (Å²) < 4.78 is 0. The molecular weight excluding hydrogens is 370 g/mol. The summed E-state index contributed by atoms with van der Waals surface area (Å²) in [5.41, 5.74) is 0. The second-order valence-electron chi connectivity index (χ2n) is 8.30. The molecule has 0 saturated carbocycles. The molecule has 164 valence electrons. The maximum Gasteiger partial charge on any atom is 0.243 e. The lowest BCUT2D eigenvalue weighted by Gasteiger charge is -2.34. The Morgan fingerprint density at radius 2 is 1.90 bits per heavy atom. The molecule has 0 aromatic rings. The number of rotatable bonds is 10. The first kappa shape index (κ1) is 23.4. The molecule has 0 unspecified atom stereocenters. The lowest BCUT2D eigenvalue weighted by molar-refractivity contribution is -0.143. The number of amides is 3. The van der Waals surface area contributed by atoms with Gasteiger partial charge in [-0.1, -0.05) is 45.3 Å². The quantitative estimate of drug-likeness (QED) is 0.377. The van der Waals surface area contributed by atoms with E-state index in [4.69, 9.17) is 0 Å². The first-order valence-corrected chi connectivity index (χ1v) is 11.0. The van der Waals surface area contributed by atoms with Crippen LogP contribution in [0.3, 0.4) is 0 Å². The Labute approximate surface area is 174 Å². The highest BCUT2D eigenvalue weighted by Gasteiger charge is 2.57. The molecule has 1 heterocycles. The van der Waals surface area contributed by atoms with E-state index in [0.29, 0.717) is 6.54 Å². The number of nitrogens with one attached hydrogen (secondary N) is 2. The molecule has 7 nitrogen and oxygen atoms in total. The zero-order chi connectivity index (χ0) is 21.6. The van der Waals surface area contributed by atoms with Crippen molar-refractivity contribution in [2.24, 2.45) is 23.7 Å². The maximum atomic E-state index is 13.4. The predicted molar refractivity (Wildman–Crippen MR) is 112 cm³/mol. The van der Waals surface area contributed by atoms with Gasteiger partial charge in [-0.25, -0.2) is 0 Å². The Kier molecular flexibility index (Phi) is 8.68. The van der Waals surface area contributed by atoms with Crippen LogP contribution < -0.4 is 10.6 Å². The van der Waals surface area contributed by atoms with E-state index in [-0.39, 0.29) is 36.2 Å². The number of aliphatic hydroxyl groups is 1. The highest BCUT2D eigenvalue weighted by Crippen LogP contribution is 2.45. The van der Waals surface area contributed by atoms with Gasteiger partial charge in [-0.15, -0.1) is 0 Å². The van der Waals surface area contributed by atoms with Crippen molar-refractivity contribution in [3.05, 3.63) is 12.2 Å². The molecule has 2 rings (SSSR count). The first-order chi connectivity index (χ1) is 13.9. The molecule has 0 aromatic carbocycles. The maximum absolute atomic E-state index is 13.4. The van der Waals surface area contributed by atoms with Gasteiger partial charge in [0.15, 0.2) is 0 Å². The molecule has 3 N–H and O–H groups in total. The third kappa shape index (κ3) is 4.82.